The molecule has 0 atom stereocenters. The molecule has 0 aromatic heterocycles. The van der Waals surface area contributed by atoms with Crippen molar-refractivity contribution in [2.24, 2.45) is 5.92 Å². The van der Waals surface area contributed by atoms with E-state index in [1.165, 1.54) is 69.5 Å². The summed E-state index contributed by atoms with van der Waals surface area (Å²) in [6, 6.07) is 5.10. The van der Waals surface area contributed by atoms with Crippen LogP contribution in [0, 0.1) is 5.92 Å². The predicted molar refractivity (Wildman–Crippen MR) is 108 cm³/mol. The van der Waals surface area contributed by atoms with E-state index in [1.54, 1.807) is 7.11 Å². The number of piperazine rings is 1. The second kappa shape index (κ2) is 7.65. The number of nitrogens with zero attached hydrogens (tertiary/aromatic N) is 3. The fourth-order valence-electron chi connectivity index (χ4n) is 4.56. The highest BCUT2D eigenvalue weighted by molar-refractivity contribution is 5.67. The Morgan fingerprint density at radius 2 is 1.69 bits per heavy atom. The van der Waals surface area contributed by atoms with Gasteiger partial charge in [0.05, 0.1) is 12.8 Å². The smallest absolute Gasteiger partial charge is 0.143 e. The van der Waals surface area contributed by atoms with Crippen LogP contribution in [0.3, 0.4) is 0 Å². The maximum atomic E-state index is 6.20. The van der Waals surface area contributed by atoms with Gasteiger partial charge in [-0.1, -0.05) is 0 Å². The molecule has 2 aliphatic heterocycles. The molecule has 2 N–H and O–H groups in total. The average molecular weight is 359 g/mol. The van der Waals surface area contributed by atoms with Gasteiger partial charge in [-0.25, -0.2) is 0 Å². The van der Waals surface area contributed by atoms with E-state index in [4.69, 9.17) is 10.5 Å². The third-order valence-electron chi connectivity index (χ3n) is 6.50. The van der Waals surface area contributed by atoms with Gasteiger partial charge in [0.2, 0.25) is 0 Å². The van der Waals surface area contributed by atoms with Crippen LogP contribution in [0.4, 0.5) is 11.4 Å². The van der Waals surface area contributed by atoms with Gasteiger partial charge in [-0.2, -0.15) is 0 Å². The molecule has 3 aliphatic rings. The molecule has 1 aliphatic carbocycles. The zero-order valence-electron chi connectivity index (χ0n) is 16.4. The first-order valence-corrected chi connectivity index (χ1v) is 10.3. The van der Waals surface area contributed by atoms with Crippen molar-refractivity contribution < 1.29 is 4.74 Å². The Kier molecular flexibility index (Phi) is 5.28. The molecule has 1 saturated carbocycles. The van der Waals surface area contributed by atoms with Crippen LogP contribution in [0.5, 0.6) is 5.75 Å². The molecule has 0 amide bonds. The summed E-state index contributed by atoms with van der Waals surface area (Å²) in [4.78, 5) is 7.73. The number of benzene rings is 1. The molecule has 2 saturated heterocycles. The second-order valence-electron chi connectivity index (χ2n) is 8.43. The Labute approximate surface area is 158 Å². The molecular weight excluding hydrogens is 324 g/mol. The highest BCUT2D eigenvalue weighted by atomic mass is 16.5. The van der Waals surface area contributed by atoms with Crippen molar-refractivity contribution in [2.75, 3.05) is 64.1 Å². The topological polar surface area (TPSA) is 45.0 Å². The Bertz CT molecular complexity index is 615. The summed E-state index contributed by atoms with van der Waals surface area (Å²) in [5.74, 6) is 1.69. The molecular formula is C21H34N4O. The van der Waals surface area contributed by atoms with Crippen LogP contribution in [-0.2, 0) is 6.42 Å². The summed E-state index contributed by atoms with van der Waals surface area (Å²) in [7, 11) is 3.95. The fraction of sp³-hybridized carbons (Fsp3) is 0.714. The molecule has 0 bridgehead atoms. The van der Waals surface area contributed by atoms with Crippen molar-refractivity contribution in [3.05, 3.63) is 17.7 Å². The summed E-state index contributed by atoms with van der Waals surface area (Å²) in [6.07, 6.45) is 6.44. The number of nitrogens with two attached hydrogens (primary N) is 1. The molecule has 3 fully saturated rings. The lowest BCUT2D eigenvalue weighted by Crippen LogP contribution is -2.52. The molecule has 144 valence electrons. The largest absolute Gasteiger partial charge is 0.495 e. The Balaban J connectivity index is 1.44. The number of hydrogen-bond donors (Lipinski definition) is 1. The minimum Gasteiger partial charge on any atom is -0.495 e. The predicted octanol–water partition coefficient (Wildman–Crippen LogP) is 2.45. The molecule has 1 aromatic rings. The highest BCUT2D eigenvalue weighted by Gasteiger charge is 2.29. The lowest BCUT2D eigenvalue weighted by atomic mass is 9.98. The van der Waals surface area contributed by atoms with E-state index in [0.29, 0.717) is 0 Å². The minimum atomic E-state index is 0.752. The van der Waals surface area contributed by atoms with Crippen molar-refractivity contribution >= 4 is 11.4 Å². The van der Waals surface area contributed by atoms with Gasteiger partial charge in [-0.3, -0.25) is 4.90 Å². The zero-order chi connectivity index (χ0) is 18.1. The first-order valence-electron chi connectivity index (χ1n) is 10.3. The van der Waals surface area contributed by atoms with Crippen LogP contribution in [0.15, 0.2) is 12.1 Å². The van der Waals surface area contributed by atoms with Gasteiger partial charge in [0.25, 0.3) is 0 Å². The van der Waals surface area contributed by atoms with Crippen molar-refractivity contribution in [3.8, 4) is 5.75 Å². The van der Waals surface area contributed by atoms with E-state index in [-0.39, 0.29) is 0 Å². The SMILES string of the molecule is COc1cc(N2CCC(N3CCN(C)CC3)CC2)c(CC2CC2)cc1N. The third kappa shape index (κ3) is 3.94. The summed E-state index contributed by atoms with van der Waals surface area (Å²) >= 11 is 0. The van der Waals surface area contributed by atoms with Crippen LogP contribution >= 0.6 is 0 Å². The van der Waals surface area contributed by atoms with Gasteiger partial charge in [0.15, 0.2) is 0 Å². The number of anilines is 2. The number of rotatable bonds is 5. The fourth-order valence-corrected chi connectivity index (χ4v) is 4.56. The summed E-state index contributed by atoms with van der Waals surface area (Å²) in [6.45, 7) is 7.15. The molecule has 4 rings (SSSR count). The number of piperidine rings is 1. The molecule has 1 aromatic carbocycles. The highest BCUT2D eigenvalue weighted by Crippen LogP contribution is 2.39. The third-order valence-corrected chi connectivity index (χ3v) is 6.50. The lowest BCUT2D eigenvalue weighted by molar-refractivity contribution is 0.0982. The number of likely N-dealkylation sites (N-methyl/N-ethyl adjacent to an activating group) is 1. The van der Waals surface area contributed by atoms with E-state index in [2.05, 4.69) is 33.9 Å². The van der Waals surface area contributed by atoms with Crippen molar-refractivity contribution in [1.82, 2.24) is 9.80 Å². The molecule has 5 nitrogen and oxygen atoms in total. The summed E-state index contributed by atoms with van der Waals surface area (Å²) in [5, 5.41) is 0. The van der Waals surface area contributed by atoms with Gasteiger partial charge in [-0.05, 0) is 56.7 Å². The average Bonchev–Trinajstić information content (AvgIpc) is 3.47. The monoisotopic (exact) mass is 358 g/mol. The zero-order valence-corrected chi connectivity index (χ0v) is 16.4. The molecule has 26 heavy (non-hydrogen) atoms. The molecule has 0 unspecified atom stereocenters. The van der Waals surface area contributed by atoms with E-state index in [0.717, 1.165) is 36.5 Å². The normalized spacial score (nSPS) is 23.4. The van der Waals surface area contributed by atoms with Crippen LogP contribution in [0.1, 0.15) is 31.2 Å². The molecule has 0 spiro atoms. The summed E-state index contributed by atoms with van der Waals surface area (Å²) in [5.41, 5.74) is 9.76. The summed E-state index contributed by atoms with van der Waals surface area (Å²) < 4.78 is 5.51. The Morgan fingerprint density at radius 1 is 1.00 bits per heavy atom. The van der Waals surface area contributed by atoms with E-state index in [9.17, 15) is 0 Å². The van der Waals surface area contributed by atoms with Crippen LogP contribution in [-0.4, -0.2) is 69.3 Å². The van der Waals surface area contributed by atoms with E-state index in [1.807, 2.05) is 0 Å². The van der Waals surface area contributed by atoms with Crippen LogP contribution in [0.25, 0.3) is 0 Å². The molecule has 0 radical (unpaired) electrons. The Hall–Kier alpha value is -1.46. The second-order valence-corrected chi connectivity index (χ2v) is 8.43. The van der Waals surface area contributed by atoms with Crippen LogP contribution < -0.4 is 15.4 Å². The maximum absolute atomic E-state index is 6.20. The number of methoxy groups -OCH3 is 1. The van der Waals surface area contributed by atoms with Gasteiger partial charge in [-0.15, -0.1) is 0 Å². The minimum absolute atomic E-state index is 0.752. The number of ether oxygens (including phenoxy) is 1. The molecule has 2 heterocycles. The number of hydrogen-bond acceptors (Lipinski definition) is 5. The van der Waals surface area contributed by atoms with Gasteiger partial charge < -0.3 is 20.3 Å². The quantitative estimate of drug-likeness (QED) is 0.819. The van der Waals surface area contributed by atoms with Gasteiger partial charge in [0, 0.05) is 57.1 Å². The maximum Gasteiger partial charge on any atom is 0.143 e. The van der Waals surface area contributed by atoms with E-state index >= 15 is 0 Å². The van der Waals surface area contributed by atoms with Crippen LogP contribution in [0.2, 0.25) is 0 Å². The number of nitrogen functional groups attached to an aromatic ring is 1. The van der Waals surface area contributed by atoms with Crippen molar-refractivity contribution in [1.29, 1.82) is 0 Å². The first-order chi connectivity index (χ1) is 12.6. The van der Waals surface area contributed by atoms with Gasteiger partial charge in [0.1, 0.15) is 5.75 Å². The Morgan fingerprint density at radius 3 is 2.31 bits per heavy atom. The van der Waals surface area contributed by atoms with Gasteiger partial charge >= 0.3 is 0 Å². The molecule has 5 heteroatoms. The first kappa shape index (κ1) is 17.9. The van der Waals surface area contributed by atoms with Crippen molar-refractivity contribution in [2.45, 2.75) is 38.1 Å². The lowest BCUT2D eigenvalue weighted by Gasteiger charge is -2.43. The van der Waals surface area contributed by atoms with E-state index < -0.39 is 0 Å². The standard InChI is InChI=1S/C21H34N4O/c1-23-9-11-24(12-10-23)18-5-7-25(8-6-18)20-15-21(26-2)19(22)14-17(20)13-16-3-4-16/h14-16,18H,3-13,22H2,1-2H3. The van der Waals surface area contributed by atoms with Crippen molar-refractivity contribution in [3.63, 3.8) is 0 Å².